The average Bonchev–Trinajstić information content (AvgIpc) is 3.14. The van der Waals surface area contributed by atoms with Crippen LogP contribution in [0.1, 0.15) is 21.6 Å². The molecular weight excluding hydrogens is 401 g/mol. The number of hydrogen-bond donors (Lipinski definition) is 4. The second-order valence-electron chi connectivity index (χ2n) is 6.18. The van der Waals surface area contributed by atoms with E-state index in [2.05, 4.69) is 31.1 Å². The zero-order valence-corrected chi connectivity index (χ0v) is 16.1. The highest BCUT2D eigenvalue weighted by atomic mass is 19.4. The summed E-state index contributed by atoms with van der Waals surface area (Å²) in [6.07, 6.45) is -2.45. The Kier molecular flexibility index (Phi) is 6.21. The van der Waals surface area contributed by atoms with E-state index in [4.69, 9.17) is 4.74 Å². The fraction of sp³-hybridized carbons (Fsp3) is 0.211. The van der Waals surface area contributed by atoms with Gasteiger partial charge in [0.05, 0.1) is 46.7 Å². The predicted molar refractivity (Wildman–Crippen MR) is 105 cm³/mol. The summed E-state index contributed by atoms with van der Waals surface area (Å²) in [7, 11) is 2.95. The van der Waals surface area contributed by atoms with E-state index in [9.17, 15) is 18.0 Å². The molecular formula is C19H19F3N6O2. The molecule has 0 saturated heterocycles. The lowest BCUT2D eigenvalue weighted by Gasteiger charge is -2.17. The number of carbonyl (C=O) groups is 1. The van der Waals surface area contributed by atoms with Gasteiger partial charge in [-0.25, -0.2) is 4.98 Å². The van der Waals surface area contributed by atoms with Gasteiger partial charge in [-0.05, 0) is 12.1 Å². The number of nitrogens with zero attached hydrogens (tertiary/aromatic N) is 2. The Hall–Kier alpha value is -3.60. The van der Waals surface area contributed by atoms with Gasteiger partial charge >= 0.3 is 6.18 Å². The summed E-state index contributed by atoms with van der Waals surface area (Å²) in [6, 6.07) is 7.48. The molecule has 0 saturated carbocycles. The standard InChI is InChI=1S/C19H19F3N6O2/c1-23-18(29)11-5-3-4-6-13(11)26-14-7-17(24-8-12(14)19(20,21)22)27-15-9-25-28-16(15)10-30-2/h3-9H,10H2,1-2H3,(H,23,29)(H,25,28)(H2,24,26,27). The summed E-state index contributed by atoms with van der Waals surface area (Å²) in [5.41, 5.74) is 0.330. The monoisotopic (exact) mass is 420 g/mol. The molecule has 3 aromatic rings. The molecule has 0 unspecified atom stereocenters. The van der Waals surface area contributed by atoms with Crippen LogP contribution in [0.5, 0.6) is 0 Å². The molecule has 11 heteroatoms. The number of halogens is 3. The number of rotatable bonds is 7. The van der Waals surface area contributed by atoms with Crippen molar-refractivity contribution < 1.29 is 22.7 Å². The van der Waals surface area contributed by atoms with Gasteiger partial charge < -0.3 is 20.7 Å². The van der Waals surface area contributed by atoms with Gasteiger partial charge in [0.1, 0.15) is 5.82 Å². The third-order valence-electron chi connectivity index (χ3n) is 4.15. The normalized spacial score (nSPS) is 11.2. The molecule has 0 aliphatic rings. The first-order valence-corrected chi connectivity index (χ1v) is 8.77. The van der Waals surface area contributed by atoms with Crippen molar-refractivity contribution in [1.82, 2.24) is 20.5 Å². The molecule has 2 aromatic heterocycles. The van der Waals surface area contributed by atoms with Crippen molar-refractivity contribution >= 4 is 28.8 Å². The topological polar surface area (TPSA) is 104 Å². The number of alkyl halides is 3. The number of carbonyl (C=O) groups excluding carboxylic acids is 1. The number of nitrogens with one attached hydrogen (secondary N) is 4. The molecule has 1 aromatic carbocycles. The van der Waals surface area contributed by atoms with E-state index in [0.717, 1.165) is 6.20 Å². The molecule has 0 bridgehead atoms. The lowest BCUT2D eigenvalue weighted by atomic mass is 10.1. The number of pyridine rings is 1. The molecule has 3 rings (SSSR count). The number of ether oxygens (including phenoxy) is 1. The van der Waals surface area contributed by atoms with Crippen molar-refractivity contribution in [1.29, 1.82) is 0 Å². The minimum Gasteiger partial charge on any atom is -0.378 e. The van der Waals surface area contributed by atoms with Crippen LogP contribution >= 0.6 is 0 Å². The van der Waals surface area contributed by atoms with Crippen LogP contribution in [0.2, 0.25) is 0 Å². The number of benzene rings is 1. The molecule has 1 amide bonds. The first-order valence-electron chi connectivity index (χ1n) is 8.77. The van der Waals surface area contributed by atoms with Gasteiger partial charge in [-0.1, -0.05) is 12.1 Å². The molecule has 4 N–H and O–H groups in total. The maximum absolute atomic E-state index is 13.5. The highest BCUT2D eigenvalue weighted by Crippen LogP contribution is 2.37. The van der Waals surface area contributed by atoms with Crippen molar-refractivity contribution in [3.63, 3.8) is 0 Å². The molecule has 2 heterocycles. The molecule has 0 aliphatic carbocycles. The maximum atomic E-state index is 13.5. The summed E-state index contributed by atoms with van der Waals surface area (Å²) in [5, 5.41) is 14.7. The fourth-order valence-electron chi connectivity index (χ4n) is 2.74. The van der Waals surface area contributed by atoms with Crippen LogP contribution in [0.4, 0.5) is 36.1 Å². The van der Waals surface area contributed by atoms with Crippen LogP contribution in [0.25, 0.3) is 0 Å². The molecule has 0 spiro atoms. The van der Waals surface area contributed by atoms with Crippen LogP contribution in [0.15, 0.2) is 42.7 Å². The van der Waals surface area contributed by atoms with Crippen LogP contribution in [-0.4, -0.2) is 35.2 Å². The van der Waals surface area contributed by atoms with Crippen molar-refractivity contribution in [3.05, 3.63) is 59.5 Å². The van der Waals surface area contributed by atoms with E-state index < -0.39 is 17.6 Å². The van der Waals surface area contributed by atoms with Gasteiger partial charge in [-0.3, -0.25) is 9.89 Å². The number of para-hydroxylation sites is 1. The summed E-state index contributed by atoms with van der Waals surface area (Å²) in [6.45, 7) is 0.230. The summed E-state index contributed by atoms with van der Waals surface area (Å²) in [4.78, 5) is 15.9. The fourth-order valence-corrected chi connectivity index (χ4v) is 2.74. The van der Waals surface area contributed by atoms with Gasteiger partial charge in [0, 0.05) is 26.4 Å². The van der Waals surface area contributed by atoms with E-state index >= 15 is 0 Å². The van der Waals surface area contributed by atoms with Crippen molar-refractivity contribution in [3.8, 4) is 0 Å². The number of anilines is 4. The highest BCUT2D eigenvalue weighted by Gasteiger charge is 2.34. The Morgan fingerprint density at radius 3 is 2.60 bits per heavy atom. The lowest BCUT2D eigenvalue weighted by Crippen LogP contribution is -2.19. The number of aromatic nitrogens is 3. The summed E-state index contributed by atoms with van der Waals surface area (Å²) < 4.78 is 45.7. The molecule has 158 valence electrons. The second kappa shape index (κ2) is 8.82. The van der Waals surface area contributed by atoms with Gasteiger partial charge in [0.25, 0.3) is 5.91 Å². The van der Waals surface area contributed by atoms with Gasteiger partial charge in [-0.2, -0.15) is 18.3 Å². The quantitative estimate of drug-likeness (QED) is 0.463. The minimum atomic E-state index is -4.65. The van der Waals surface area contributed by atoms with Crippen molar-refractivity contribution in [2.45, 2.75) is 12.8 Å². The minimum absolute atomic E-state index is 0.154. The molecule has 0 fully saturated rings. The predicted octanol–water partition coefficient (Wildman–Crippen LogP) is 3.82. The van der Waals surface area contributed by atoms with Crippen LogP contribution < -0.4 is 16.0 Å². The Bertz CT molecular complexity index is 1040. The van der Waals surface area contributed by atoms with Gasteiger partial charge in [0.15, 0.2) is 0 Å². The Balaban J connectivity index is 1.99. The van der Waals surface area contributed by atoms with E-state index in [-0.39, 0.29) is 29.4 Å². The summed E-state index contributed by atoms with van der Waals surface area (Å²) >= 11 is 0. The molecule has 0 radical (unpaired) electrons. The van der Waals surface area contributed by atoms with E-state index in [1.54, 1.807) is 12.1 Å². The Morgan fingerprint density at radius 1 is 1.13 bits per heavy atom. The zero-order chi connectivity index (χ0) is 21.7. The lowest BCUT2D eigenvalue weighted by molar-refractivity contribution is -0.137. The molecule has 0 aliphatic heterocycles. The van der Waals surface area contributed by atoms with E-state index in [1.165, 1.54) is 38.6 Å². The van der Waals surface area contributed by atoms with E-state index in [0.29, 0.717) is 11.4 Å². The molecule has 8 nitrogen and oxygen atoms in total. The van der Waals surface area contributed by atoms with Crippen LogP contribution in [-0.2, 0) is 17.5 Å². The number of H-pyrrole nitrogens is 1. The van der Waals surface area contributed by atoms with Gasteiger partial charge in [0.2, 0.25) is 0 Å². The number of amides is 1. The van der Waals surface area contributed by atoms with Crippen LogP contribution in [0.3, 0.4) is 0 Å². The SMILES string of the molecule is CNC(=O)c1ccccc1Nc1cc(Nc2cn[nH]c2COC)ncc1C(F)(F)F. The molecule has 0 atom stereocenters. The van der Waals surface area contributed by atoms with E-state index in [1.807, 2.05) is 0 Å². The first kappa shape index (κ1) is 21.1. The average molecular weight is 420 g/mol. The molecule has 30 heavy (non-hydrogen) atoms. The number of aromatic amines is 1. The zero-order valence-electron chi connectivity index (χ0n) is 16.1. The third kappa shape index (κ3) is 4.69. The highest BCUT2D eigenvalue weighted by molar-refractivity contribution is 6.00. The van der Waals surface area contributed by atoms with Crippen molar-refractivity contribution in [2.75, 3.05) is 24.8 Å². The number of hydrogen-bond acceptors (Lipinski definition) is 6. The van der Waals surface area contributed by atoms with Crippen LogP contribution in [0, 0.1) is 0 Å². The second-order valence-corrected chi connectivity index (χ2v) is 6.18. The number of methoxy groups -OCH3 is 1. The first-order chi connectivity index (χ1) is 14.3. The third-order valence-corrected chi connectivity index (χ3v) is 4.15. The Labute approximate surface area is 169 Å². The van der Waals surface area contributed by atoms with Crippen molar-refractivity contribution in [2.24, 2.45) is 0 Å². The maximum Gasteiger partial charge on any atom is 0.419 e. The largest absolute Gasteiger partial charge is 0.419 e. The summed E-state index contributed by atoms with van der Waals surface area (Å²) in [5.74, 6) is -0.275. The smallest absolute Gasteiger partial charge is 0.378 e. The van der Waals surface area contributed by atoms with Gasteiger partial charge in [-0.15, -0.1) is 0 Å². The Morgan fingerprint density at radius 2 is 1.90 bits per heavy atom.